The third kappa shape index (κ3) is 2.82. The molecule has 0 aliphatic carbocycles. The summed E-state index contributed by atoms with van der Waals surface area (Å²) in [5.41, 5.74) is 6.28. The fourth-order valence-electron chi connectivity index (χ4n) is 2.68. The van der Waals surface area contributed by atoms with E-state index in [0.29, 0.717) is 18.7 Å². The van der Waals surface area contributed by atoms with E-state index in [1.165, 1.54) is 12.1 Å². The number of nitrogens with two attached hydrogens (primary N) is 1. The second-order valence-electron chi connectivity index (χ2n) is 4.81. The first-order chi connectivity index (χ1) is 8.69. The molecule has 3 nitrogen and oxygen atoms in total. The largest absolute Gasteiger partial charge is 0.496 e. The molecule has 1 saturated heterocycles. The van der Waals surface area contributed by atoms with Gasteiger partial charge >= 0.3 is 0 Å². The minimum absolute atomic E-state index is 0.240. The number of ether oxygens (including phenoxy) is 2. The van der Waals surface area contributed by atoms with Gasteiger partial charge in [-0.25, -0.2) is 4.39 Å². The van der Waals surface area contributed by atoms with E-state index >= 15 is 0 Å². The van der Waals surface area contributed by atoms with Crippen LogP contribution >= 0.6 is 0 Å². The van der Waals surface area contributed by atoms with Gasteiger partial charge in [0.25, 0.3) is 0 Å². The van der Waals surface area contributed by atoms with Crippen LogP contribution in [0.5, 0.6) is 5.75 Å². The van der Waals surface area contributed by atoms with Gasteiger partial charge in [-0.1, -0.05) is 0 Å². The van der Waals surface area contributed by atoms with Crippen LogP contribution < -0.4 is 10.5 Å². The summed E-state index contributed by atoms with van der Waals surface area (Å²) in [6, 6.07) is 4.60. The monoisotopic (exact) mass is 253 g/mol. The van der Waals surface area contributed by atoms with Gasteiger partial charge in [0.1, 0.15) is 11.6 Å². The average molecular weight is 253 g/mol. The third-order valence-corrected chi connectivity index (χ3v) is 3.54. The Bertz CT molecular complexity index is 403. The fraction of sp³-hybridized carbons (Fsp3) is 0.571. The second kappa shape index (κ2) is 5.67. The first-order valence-corrected chi connectivity index (χ1v) is 6.35. The average Bonchev–Trinajstić information content (AvgIpc) is 2.78. The SMILES string of the molecule is COc1ccc(F)cc1CC1(CCN)CCCO1. The molecule has 2 rings (SSSR count). The number of hydrogen-bond donors (Lipinski definition) is 1. The Morgan fingerprint density at radius 1 is 1.50 bits per heavy atom. The summed E-state index contributed by atoms with van der Waals surface area (Å²) in [5, 5.41) is 0. The van der Waals surface area contributed by atoms with Crippen molar-refractivity contribution >= 4 is 0 Å². The van der Waals surface area contributed by atoms with Crippen molar-refractivity contribution < 1.29 is 13.9 Å². The molecule has 0 radical (unpaired) electrons. The Hall–Kier alpha value is -1.13. The maximum Gasteiger partial charge on any atom is 0.123 e. The summed E-state index contributed by atoms with van der Waals surface area (Å²) in [6.07, 6.45) is 3.47. The zero-order valence-electron chi connectivity index (χ0n) is 10.7. The summed E-state index contributed by atoms with van der Waals surface area (Å²) in [7, 11) is 1.60. The van der Waals surface area contributed by atoms with E-state index in [4.69, 9.17) is 15.2 Å². The maximum absolute atomic E-state index is 13.3. The molecule has 0 aromatic heterocycles. The van der Waals surface area contributed by atoms with Crippen LogP contribution in [-0.2, 0) is 11.2 Å². The predicted octanol–water partition coefficient (Wildman–Crippen LogP) is 2.27. The number of rotatable bonds is 5. The maximum atomic E-state index is 13.3. The van der Waals surface area contributed by atoms with Crippen LogP contribution in [0.4, 0.5) is 4.39 Å². The van der Waals surface area contributed by atoms with E-state index < -0.39 is 0 Å². The van der Waals surface area contributed by atoms with E-state index in [9.17, 15) is 4.39 Å². The van der Waals surface area contributed by atoms with Gasteiger partial charge in [0, 0.05) is 13.0 Å². The molecule has 1 aromatic carbocycles. The zero-order chi connectivity index (χ0) is 13.0. The van der Waals surface area contributed by atoms with Crippen LogP contribution in [0.25, 0.3) is 0 Å². The van der Waals surface area contributed by atoms with E-state index in [0.717, 1.165) is 31.4 Å². The molecule has 1 aliphatic heterocycles. The molecular formula is C14H20FNO2. The van der Waals surface area contributed by atoms with E-state index in [2.05, 4.69) is 0 Å². The van der Waals surface area contributed by atoms with E-state index in [1.54, 1.807) is 13.2 Å². The van der Waals surface area contributed by atoms with Crippen molar-refractivity contribution in [3.05, 3.63) is 29.6 Å². The lowest BCUT2D eigenvalue weighted by Gasteiger charge is -2.28. The van der Waals surface area contributed by atoms with Crippen LogP contribution in [0.3, 0.4) is 0 Å². The molecule has 2 N–H and O–H groups in total. The molecule has 0 amide bonds. The summed E-state index contributed by atoms with van der Waals surface area (Å²) >= 11 is 0. The lowest BCUT2D eigenvalue weighted by atomic mass is 9.88. The van der Waals surface area contributed by atoms with Crippen LogP contribution in [0, 0.1) is 5.82 Å². The molecule has 1 unspecified atom stereocenters. The summed E-state index contributed by atoms with van der Waals surface area (Å²) in [4.78, 5) is 0. The highest BCUT2D eigenvalue weighted by molar-refractivity contribution is 5.35. The van der Waals surface area contributed by atoms with Gasteiger partial charge < -0.3 is 15.2 Å². The van der Waals surface area contributed by atoms with Crippen LogP contribution in [-0.4, -0.2) is 25.9 Å². The molecule has 100 valence electrons. The molecule has 4 heteroatoms. The van der Waals surface area contributed by atoms with Crippen molar-refractivity contribution in [2.45, 2.75) is 31.3 Å². The van der Waals surface area contributed by atoms with Gasteiger partial charge in [0.2, 0.25) is 0 Å². The van der Waals surface area contributed by atoms with Crippen LogP contribution in [0.1, 0.15) is 24.8 Å². The Morgan fingerprint density at radius 2 is 2.33 bits per heavy atom. The predicted molar refractivity (Wildman–Crippen MR) is 68.2 cm³/mol. The highest BCUT2D eigenvalue weighted by Gasteiger charge is 2.35. The fourth-order valence-corrected chi connectivity index (χ4v) is 2.68. The van der Waals surface area contributed by atoms with Gasteiger partial charge in [-0.2, -0.15) is 0 Å². The first-order valence-electron chi connectivity index (χ1n) is 6.35. The lowest BCUT2D eigenvalue weighted by Crippen LogP contribution is -2.33. The molecule has 18 heavy (non-hydrogen) atoms. The number of halogens is 1. The van der Waals surface area contributed by atoms with E-state index in [1.807, 2.05) is 0 Å². The molecule has 0 saturated carbocycles. The topological polar surface area (TPSA) is 44.5 Å². The second-order valence-corrected chi connectivity index (χ2v) is 4.81. The van der Waals surface area contributed by atoms with Crippen LogP contribution in [0.2, 0.25) is 0 Å². The molecule has 1 fully saturated rings. The van der Waals surface area contributed by atoms with Crippen molar-refractivity contribution in [2.75, 3.05) is 20.3 Å². The van der Waals surface area contributed by atoms with Gasteiger partial charge in [-0.15, -0.1) is 0 Å². The lowest BCUT2D eigenvalue weighted by molar-refractivity contribution is -0.000825. The molecule has 1 heterocycles. The van der Waals surface area contributed by atoms with Crippen molar-refractivity contribution in [3.8, 4) is 5.75 Å². The molecule has 0 spiro atoms. The third-order valence-electron chi connectivity index (χ3n) is 3.54. The van der Waals surface area contributed by atoms with Crippen molar-refractivity contribution in [2.24, 2.45) is 5.73 Å². The van der Waals surface area contributed by atoms with Crippen LogP contribution in [0.15, 0.2) is 18.2 Å². The van der Waals surface area contributed by atoms with E-state index in [-0.39, 0.29) is 11.4 Å². The molecular weight excluding hydrogens is 233 g/mol. The van der Waals surface area contributed by atoms with Gasteiger partial charge in [-0.05, 0) is 49.6 Å². The summed E-state index contributed by atoms with van der Waals surface area (Å²) in [6.45, 7) is 1.34. The normalized spacial score (nSPS) is 23.3. The van der Waals surface area contributed by atoms with Gasteiger partial charge in [-0.3, -0.25) is 0 Å². The minimum atomic E-state index is -0.244. The summed E-state index contributed by atoms with van der Waals surface area (Å²) < 4.78 is 24.5. The smallest absolute Gasteiger partial charge is 0.123 e. The number of hydrogen-bond acceptors (Lipinski definition) is 3. The molecule has 1 aromatic rings. The number of methoxy groups -OCH3 is 1. The standard InChI is InChI=1S/C14H20FNO2/c1-17-13-4-3-12(15)9-11(13)10-14(6-7-16)5-2-8-18-14/h3-4,9H,2,5-8,10,16H2,1H3. The van der Waals surface area contributed by atoms with Gasteiger partial charge in [0.05, 0.1) is 12.7 Å². The van der Waals surface area contributed by atoms with Crippen molar-refractivity contribution in [3.63, 3.8) is 0 Å². The zero-order valence-corrected chi connectivity index (χ0v) is 10.7. The molecule has 0 bridgehead atoms. The number of benzene rings is 1. The minimum Gasteiger partial charge on any atom is -0.496 e. The summed E-state index contributed by atoms with van der Waals surface area (Å²) in [5.74, 6) is 0.468. The quantitative estimate of drug-likeness (QED) is 0.875. The highest BCUT2D eigenvalue weighted by atomic mass is 19.1. The Labute approximate surface area is 107 Å². The van der Waals surface area contributed by atoms with Crippen molar-refractivity contribution in [1.29, 1.82) is 0 Å². The van der Waals surface area contributed by atoms with Crippen molar-refractivity contribution in [1.82, 2.24) is 0 Å². The Balaban J connectivity index is 2.23. The molecule has 1 atom stereocenters. The Morgan fingerprint density at radius 3 is 2.94 bits per heavy atom. The van der Waals surface area contributed by atoms with Gasteiger partial charge in [0.15, 0.2) is 0 Å². The molecule has 1 aliphatic rings. The Kier molecular flexibility index (Phi) is 4.19. The highest BCUT2D eigenvalue weighted by Crippen LogP contribution is 2.35. The first kappa shape index (κ1) is 13.3.